The molecule has 9 heteroatoms. The zero-order valence-electron chi connectivity index (χ0n) is 14.1. The first-order chi connectivity index (χ1) is 12.4. The van der Waals surface area contributed by atoms with Crippen LogP contribution in [0.1, 0.15) is 31.2 Å². The molecule has 0 aromatic heterocycles. The lowest BCUT2D eigenvalue weighted by molar-refractivity contribution is -0.125. The molecule has 2 rings (SSSR count). The molecule has 1 unspecified atom stereocenters. The summed E-state index contributed by atoms with van der Waals surface area (Å²) in [7, 11) is 0. The fraction of sp³-hybridized carbons (Fsp3) is 0.471. The Morgan fingerprint density at radius 2 is 2.00 bits per heavy atom. The van der Waals surface area contributed by atoms with Gasteiger partial charge in [0, 0.05) is 36.1 Å². The van der Waals surface area contributed by atoms with E-state index in [1.165, 1.54) is 0 Å². The number of carbonyl (C=O) groups is 3. The minimum atomic E-state index is -1.08. The van der Waals surface area contributed by atoms with Crippen molar-refractivity contribution in [2.75, 3.05) is 13.1 Å². The maximum absolute atomic E-state index is 12.0. The van der Waals surface area contributed by atoms with Gasteiger partial charge in [0.15, 0.2) is 0 Å². The van der Waals surface area contributed by atoms with Crippen molar-refractivity contribution in [1.82, 2.24) is 15.5 Å². The second-order valence-electron chi connectivity index (χ2n) is 6.04. The number of halogens is 2. The third-order valence-electron chi connectivity index (χ3n) is 4.17. The lowest BCUT2D eigenvalue weighted by atomic mass is 10.2. The predicted octanol–water partition coefficient (Wildman–Crippen LogP) is 2.65. The number of rotatable bonds is 7. The third kappa shape index (κ3) is 5.78. The van der Waals surface area contributed by atoms with Crippen molar-refractivity contribution < 1.29 is 19.5 Å². The van der Waals surface area contributed by atoms with E-state index < -0.39 is 12.1 Å². The molecule has 142 valence electrons. The second-order valence-corrected chi connectivity index (χ2v) is 6.88. The van der Waals surface area contributed by atoms with Crippen LogP contribution in [-0.4, -0.2) is 47.0 Å². The van der Waals surface area contributed by atoms with Crippen LogP contribution in [0.15, 0.2) is 18.2 Å². The normalized spacial score (nSPS) is 16.4. The SMILES string of the molecule is O=C(CCCNC(=O)C1CCCN1C(=O)O)NCc1ccc(Cl)cc1Cl. The lowest BCUT2D eigenvalue weighted by Gasteiger charge is -2.20. The van der Waals surface area contributed by atoms with Gasteiger partial charge in [0.2, 0.25) is 11.8 Å². The van der Waals surface area contributed by atoms with Gasteiger partial charge in [0.05, 0.1) is 0 Å². The van der Waals surface area contributed by atoms with Gasteiger partial charge in [-0.25, -0.2) is 4.79 Å². The van der Waals surface area contributed by atoms with Crippen molar-refractivity contribution in [3.8, 4) is 0 Å². The summed E-state index contributed by atoms with van der Waals surface area (Å²) in [6.45, 7) is 0.998. The number of nitrogens with one attached hydrogen (secondary N) is 2. The van der Waals surface area contributed by atoms with Gasteiger partial charge in [0.25, 0.3) is 0 Å². The quantitative estimate of drug-likeness (QED) is 0.611. The molecule has 0 aliphatic carbocycles. The lowest BCUT2D eigenvalue weighted by Crippen LogP contribution is -2.45. The summed E-state index contributed by atoms with van der Waals surface area (Å²) >= 11 is 11.9. The van der Waals surface area contributed by atoms with E-state index in [9.17, 15) is 14.4 Å². The van der Waals surface area contributed by atoms with E-state index in [1.807, 2.05) is 0 Å². The first kappa shape index (κ1) is 20.3. The number of likely N-dealkylation sites (tertiary alicyclic amines) is 1. The number of amides is 3. The first-order valence-electron chi connectivity index (χ1n) is 8.36. The van der Waals surface area contributed by atoms with Gasteiger partial charge in [-0.1, -0.05) is 29.3 Å². The van der Waals surface area contributed by atoms with E-state index in [2.05, 4.69) is 10.6 Å². The Balaban J connectivity index is 1.65. The highest BCUT2D eigenvalue weighted by molar-refractivity contribution is 6.35. The van der Waals surface area contributed by atoms with Crippen LogP contribution in [0.5, 0.6) is 0 Å². The van der Waals surface area contributed by atoms with Crippen LogP contribution in [0.4, 0.5) is 4.79 Å². The highest BCUT2D eigenvalue weighted by atomic mass is 35.5. The highest BCUT2D eigenvalue weighted by Gasteiger charge is 2.33. The Kier molecular flexibility index (Phi) is 7.53. The zero-order chi connectivity index (χ0) is 19.1. The van der Waals surface area contributed by atoms with Crippen molar-refractivity contribution in [2.45, 2.75) is 38.3 Å². The molecule has 0 spiro atoms. The van der Waals surface area contributed by atoms with Crippen molar-refractivity contribution in [1.29, 1.82) is 0 Å². The van der Waals surface area contributed by atoms with Crippen LogP contribution in [-0.2, 0) is 16.1 Å². The smallest absolute Gasteiger partial charge is 0.407 e. The fourth-order valence-electron chi connectivity index (χ4n) is 2.79. The summed E-state index contributed by atoms with van der Waals surface area (Å²) in [6, 6.07) is 4.44. The van der Waals surface area contributed by atoms with Crippen molar-refractivity contribution >= 4 is 41.1 Å². The number of hydrogen-bond donors (Lipinski definition) is 3. The Hall–Kier alpha value is -1.99. The maximum atomic E-state index is 12.0. The Labute approximate surface area is 161 Å². The summed E-state index contributed by atoms with van der Waals surface area (Å²) in [5.74, 6) is -0.462. The molecule has 0 bridgehead atoms. The van der Waals surface area contributed by atoms with Crippen molar-refractivity contribution in [3.05, 3.63) is 33.8 Å². The molecule has 1 aromatic rings. The summed E-state index contributed by atoms with van der Waals surface area (Å²) in [6.07, 6.45) is 0.841. The Morgan fingerprint density at radius 3 is 2.69 bits per heavy atom. The van der Waals surface area contributed by atoms with E-state index in [-0.39, 0.29) is 18.2 Å². The molecular weight excluding hydrogens is 381 g/mol. The van der Waals surface area contributed by atoms with E-state index in [0.29, 0.717) is 48.9 Å². The Bertz CT molecular complexity index is 684. The molecule has 1 aliphatic heterocycles. The van der Waals surface area contributed by atoms with E-state index >= 15 is 0 Å². The average Bonchev–Trinajstić information content (AvgIpc) is 3.08. The fourth-order valence-corrected chi connectivity index (χ4v) is 3.27. The molecule has 1 atom stereocenters. The van der Waals surface area contributed by atoms with Gasteiger partial charge in [-0.15, -0.1) is 0 Å². The van der Waals surface area contributed by atoms with Gasteiger partial charge in [-0.3, -0.25) is 14.5 Å². The van der Waals surface area contributed by atoms with Gasteiger partial charge in [-0.05, 0) is 37.0 Å². The van der Waals surface area contributed by atoms with Crippen LogP contribution in [0.2, 0.25) is 10.0 Å². The number of benzene rings is 1. The van der Waals surface area contributed by atoms with Crippen LogP contribution >= 0.6 is 23.2 Å². The summed E-state index contributed by atoms with van der Waals surface area (Å²) in [5, 5.41) is 15.5. The van der Waals surface area contributed by atoms with Crippen molar-refractivity contribution in [2.24, 2.45) is 0 Å². The largest absolute Gasteiger partial charge is 0.465 e. The predicted molar refractivity (Wildman–Crippen MR) is 98.3 cm³/mol. The van der Waals surface area contributed by atoms with Crippen LogP contribution in [0.3, 0.4) is 0 Å². The highest BCUT2D eigenvalue weighted by Crippen LogP contribution is 2.20. The molecular formula is C17H21Cl2N3O4. The molecule has 0 saturated carbocycles. The Morgan fingerprint density at radius 1 is 1.23 bits per heavy atom. The number of nitrogens with zero attached hydrogens (tertiary/aromatic N) is 1. The van der Waals surface area contributed by atoms with Crippen LogP contribution in [0.25, 0.3) is 0 Å². The van der Waals surface area contributed by atoms with Crippen LogP contribution < -0.4 is 10.6 Å². The molecule has 26 heavy (non-hydrogen) atoms. The standard InChI is InChI=1S/C17H21Cl2N3O4/c18-12-6-5-11(13(19)9-12)10-21-15(23)4-1-7-20-16(24)14-3-2-8-22(14)17(25)26/h5-6,9,14H,1-4,7-8,10H2,(H,20,24)(H,21,23)(H,25,26). The molecule has 3 N–H and O–H groups in total. The van der Waals surface area contributed by atoms with Gasteiger partial charge >= 0.3 is 6.09 Å². The summed E-state index contributed by atoms with van der Waals surface area (Å²) in [5.41, 5.74) is 0.771. The van der Waals surface area contributed by atoms with E-state index in [0.717, 1.165) is 10.5 Å². The average molecular weight is 402 g/mol. The topological polar surface area (TPSA) is 98.7 Å². The molecule has 0 radical (unpaired) electrons. The third-order valence-corrected chi connectivity index (χ3v) is 4.76. The van der Waals surface area contributed by atoms with E-state index in [1.54, 1.807) is 18.2 Å². The second kappa shape index (κ2) is 9.64. The van der Waals surface area contributed by atoms with Gasteiger partial charge in [0.1, 0.15) is 6.04 Å². The minimum absolute atomic E-state index is 0.154. The first-order valence-corrected chi connectivity index (χ1v) is 9.12. The van der Waals surface area contributed by atoms with Crippen LogP contribution in [0, 0.1) is 0 Å². The van der Waals surface area contributed by atoms with Gasteiger partial charge in [-0.2, -0.15) is 0 Å². The van der Waals surface area contributed by atoms with Crippen molar-refractivity contribution in [3.63, 3.8) is 0 Å². The number of carboxylic acid groups (broad SMARTS) is 1. The number of carbonyl (C=O) groups excluding carboxylic acids is 2. The molecule has 1 aromatic carbocycles. The molecule has 1 aliphatic rings. The van der Waals surface area contributed by atoms with Gasteiger partial charge < -0.3 is 15.7 Å². The monoisotopic (exact) mass is 401 g/mol. The zero-order valence-corrected chi connectivity index (χ0v) is 15.6. The summed E-state index contributed by atoms with van der Waals surface area (Å²) < 4.78 is 0. The molecule has 1 heterocycles. The molecule has 3 amide bonds. The summed E-state index contributed by atoms with van der Waals surface area (Å²) in [4.78, 5) is 36.1. The van der Waals surface area contributed by atoms with E-state index in [4.69, 9.17) is 28.3 Å². The molecule has 1 saturated heterocycles. The number of hydrogen-bond acceptors (Lipinski definition) is 3. The minimum Gasteiger partial charge on any atom is -0.465 e. The maximum Gasteiger partial charge on any atom is 0.407 e. The molecule has 7 nitrogen and oxygen atoms in total. The molecule has 1 fully saturated rings.